The van der Waals surface area contributed by atoms with Crippen LogP contribution in [0.25, 0.3) is 0 Å². The number of nitrogens with zero attached hydrogens (tertiary/aromatic N) is 1. The minimum Gasteiger partial charge on any atom is -0.490 e. The molecule has 0 aliphatic carbocycles. The molecule has 0 bridgehead atoms. The van der Waals surface area contributed by atoms with Gasteiger partial charge in [0.2, 0.25) is 0 Å². The molecule has 0 aliphatic heterocycles. The maximum absolute atomic E-state index is 13.5. The van der Waals surface area contributed by atoms with Crippen LogP contribution in [0.2, 0.25) is 0 Å². The largest absolute Gasteiger partial charge is 0.490 e. The fourth-order valence-electron chi connectivity index (χ4n) is 1.44. The highest BCUT2D eigenvalue weighted by Crippen LogP contribution is 2.23. The number of hydrazone groups is 1. The van der Waals surface area contributed by atoms with Gasteiger partial charge in [-0.05, 0) is 12.5 Å². The number of hydrogen-bond donors (Lipinski definition) is 1. The molecule has 0 atom stereocenters. The van der Waals surface area contributed by atoms with Gasteiger partial charge in [-0.2, -0.15) is 5.10 Å². The highest BCUT2D eigenvalue weighted by atomic mass is 19.1. The van der Waals surface area contributed by atoms with E-state index in [-0.39, 0.29) is 11.3 Å². The van der Waals surface area contributed by atoms with Crippen LogP contribution in [0.4, 0.5) is 8.78 Å². The fraction of sp³-hybridized carbons (Fsp3) is 0.417. The zero-order valence-electron chi connectivity index (χ0n) is 9.75. The van der Waals surface area contributed by atoms with Crippen molar-refractivity contribution in [1.82, 2.24) is 0 Å². The number of benzene rings is 1. The molecular weight excluding hydrogens is 226 g/mol. The molecule has 0 saturated heterocycles. The lowest BCUT2D eigenvalue weighted by atomic mass is 10.2. The van der Waals surface area contributed by atoms with E-state index in [1.807, 2.05) is 0 Å². The van der Waals surface area contributed by atoms with Crippen LogP contribution in [0.3, 0.4) is 0 Å². The molecule has 0 aliphatic rings. The Morgan fingerprint density at radius 1 is 1.35 bits per heavy atom. The summed E-state index contributed by atoms with van der Waals surface area (Å²) >= 11 is 0. The molecule has 94 valence electrons. The second kappa shape index (κ2) is 6.83. The summed E-state index contributed by atoms with van der Waals surface area (Å²) in [4.78, 5) is 0. The van der Waals surface area contributed by atoms with Gasteiger partial charge in [0.05, 0.1) is 12.8 Å². The maximum Gasteiger partial charge on any atom is 0.168 e. The number of unbranched alkanes of at least 4 members (excludes halogenated alkanes) is 2. The Morgan fingerprint density at radius 2 is 2.12 bits per heavy atom. The van der Waals surface area contributed by atoms with E-state index in [1.54, 1.807) is 0 Å². The summed E-state index contributed by atoms with van der Waals surface area (Å²) in [6.45, 7) is 2.45. The number of ether oxygens (including phenoxy) is 1. The molecule has 0 amide bonds. The van der Waals surface area contributed by atoms with Crippen LogP contribution < -0.4 is 10.6 Å². The van der Waals surface area contributed by atoms with Crippen molar-refractivity contribution in [3.8, 4) is 5.75 Å². The number of hydrogen-bond acceptors (Lipinski definition) is 3. The SMILES string of the molecule is CCCCCOc1c(F)cc(F)cc1C=NN. The fourth-order valence-corrected chi connectivity index (χ4v) is 1.44. The lowest BCUT2D eigenvalue weighted by Gasteiger charge is -2.09. The Morgan fingerprint density at radius 3 is 2.76 bits per heavy atom. The van der Waals surface area contributed by atoms with E-state index in [2.05, 4.69) is 12.0 Å². The van der Waals surface area contributed by atoms with E-state index in [9.17, 15) is 8.78 Å². The lowest BCUT2D eigenvalue weighted by molar-refractivity contribution is 0.290. The zero-order chi connectivity index (χ0) is 12.7. The molecule has 0 heterocycles. The summed E-state index contributed by atoms with van der Waals surface area (Å²) in [6, 6.07) is 1.91. The molecular formula is C12H16F2N2O. The van der Waals surface area contributed by atoms with Crippen LogP contribution in [0.5, 0.6) is 5.75 Å². The lowest BCUT2D eigenvalue weighted by Crippen LogP contribution is -2.03. The first kappa shape index (κ1) is 13.4. The van der Waals surface area contributed by atoms with Crippen molar-refractivity contribution in [3.05, 3.63) is 29.3 Å². The van der Waals surface area contributed by atoms with E-state index in [4.69, 9.17) is 10.6 Å². The summed E-state index contributed by atoms with van der Waals surface area (Å²) in [5.41, 5.74) is 0.210. The van der Waals surface area contributed by atoms with E-state index in [0.717, 1.165) is 31.4 Å². The topological polar surface area (TPSA) is 47.6 Å². The molecule has 0 unspecified atom stereocenters. The van der Waals surface area contributed by atoms with Crippen LogP contribution in [0, 0.1) is 11.6 Å². The van der Waals surface area contributed by atoms with E-state index in [1.165, 1.54) is 6.21 Å². The molecule has 0 fully saturated rings. The molecule has 2 N–H and O–H groups in total. The monoisotopic (exact) mass is 242 g/mol. The van der Waals surface area contributed by atoms with Crippen LogP contribution in [0.1, 0.15) is 31.7 Å². The molecule has 0 saturated carbocycles. The second-order valence-electron chi connectivity index (χ2n) is 3.64. The molecule has 3 nitrogen and oxygen atoms in total. The van der Waals surface area contributed by atoms with Crippen molar-refractivity contribution in [3.63, 3.8) is 0 Å². The summed E-state index contributed by atoms with van der Waals surface area (Å²) < 4.78 is 31.7. The first-order chi connectivity index (χ1) is 8.19. The Bertz CT molecular complexity index is 394. The molecule has 1 rings (SSSR count). The smallest absolute Gasteiger partial charge is 0.168 e. The highest BCUT2D eigenvalue weighted by Gasteiger charge is 2.11. The van der Waals surface area contributed by atoms with Crippen LogP contribution >= 0.6 is 0 Å². The van der Waals surface area contributed by atoms with Gasteiger partial charge in [0.25, 0.3) is 0 Å². The predicted octanol–water partition coefficient (Wildman–Crippen LogP) is 2.83. The Balaban J connectivity index is 2.81. The van der Waals surface area contributed by atoms with Gasteiger partial charge in [0, 0.05) is 11.6 Å². The first-order valence-corrected chi connectivity index (χ1v) is 5.54. The highest BCUT2D eigenvalue weighted by molar-refractivity contribution is 5.83. The van der Waals surface area contributed by atoms with Gasteiger partial charge < -0.3 is 10.6 Å². The number of nitrogens with two attached hydrogens (primary N) is 1. The first-order valence-electron chi connectivity index (χ1n) is 5.54. The Hall–Kier alpha value is -1.65. The molecule has 17 heavy (non-hydrogen) atoms. The van der Waals surface area contributed by atoms with Crippen molar-refractivity contribution in [2.24, 2.45) is 10.9 Å². The summed E-state index contributed by atoms with van der Waals surface area (Å²) in [5.74, 6) is 3.55. The quantitative estimate of drug-likeness (QED) is 0.361. The third-order valence-corrected chi connectivity index (χ3v) is 2.25. The second-order valence-corrected chi connectivity index (χ2v) is 3.64. The molecule has 1 aromatic rings. The Labute approximate surface area is 99.3 Å². The normalized spacial score (nSPS) is 11.0. The van der Waals surface area contributed by atoms with E-state index < -0.39 is 11.6 Å². The van der Waals surface area contributed by atoms with Crippen LogP contribution in [-0.2, 0) is 0 Å². The van der Waals surface area contributed by atoms with Gasteiger partial charge in [-0.3, -0.25) is 0 Å². The minimum absolute atomic E-state index is 0.00305. The molecule has 0 aromatic heterocycles. The van der Waals surface area contributed by atoms with Gasteiger partial charge in [-0.25, -0.2) is 8.78 Å². The third-order valence-electron chi connectivity index (χ3n) is 2.25. The maximum atomic E-state index is 13.5. The van der Waals surface area contributed by atoms with Gasteiger partial charge in [-0.15, -0.1) is 0 Å². The van der Waals surface area contributed by atoms with Gasteiger partial charge in [0.15, 0.2) is 11.6 Å². The van der Waals surface area contributed by atoms with Crippen molar-refractivity contribution in [1.29, 1.82) is 0 Å². The predicted molar refractivity (Wildman–Crippen MR) is 63.2 cm³/mol. The van der Waals surface area contributed by atoms with Crippen LogP contribution in [-0.4, -0.2) is 12.8 Å². The van der Waals surface area contributed by atoms with Gasteiger partial charge in [0.1, 0.15) is 5.82 Å². The number of rotatable bonds is 6. The average Bonchev–Trinajstić information content (AvgIpc) is 2.27. The average molecular weight is 242 g/mol. The summed E-state index contributed by atoms with van der Waals surface area (Å²) in [7, 11) is 0. The van der Waals surface area contributed by atoms with Crippen molar-refractivity contribution in [2.45, 2.75) is 26.2 Å². The minimum atomic E-state index is -0.739. The zero-order valence-corrected chi connectivity index (χ0v) is 9.75. The standard InChI is InChI=1S/C12H16F2N2O/c1-2-3-4-5-17-12-9(8-16-15)6-10(13)7-11(12)14/h6-8H,2-5,15H2,1H3. The van der Waals surface area contributed by atoms with Crippen molar-refractivity contribution < 1.29 is 13.5 Å². The van der Waals surface area contributed by atoms with E-state index >= 15 is 0 Å². The van der Waals surface area contributed by atoms with Crippen molar-refractivity contribution >= 4 is 6.21 Å². The molecule has 5 heteroatoms. The third kappa shape index (κ3) is 4.01. The van der Waals surface area contributed by atoms with Gasteiger partial charge in [-0.1, -0.05) is 19.8 Å². The van der Waals surface area contributed by atoms with Crippen LogP contribution in [0.15, 0.2) is 17.2 Å². The van der Waals surface area contributed by atoms with Gasteiger partial charge >= 0.3 is 0 Å². The van der Waals surface area contributed by atoms with Crippen molar-refractivity contribution in [2.75, 3.05) is 6.61 Å². The van der Waals surface area contributed by atoms with E-state index in [0.29, 0.717) is 6.61 Å². The Kier molecular flexibility index (Phi) is 5.39. The molecule has 1 aromatic carbocycles. The summed E-state index contributed by atoms with van der Waals surface area (Å²) in [5, 5.41) is 3.25. The molecule has 0 spiro atoms. The number of halogens is 2. The molecule has 0 radical (unpaired) electrons. The summed E-state index contributed by atoms with van der Waals surface area (Å²) in [6.07, 6.45) is 4.04.